The maximum atomic E-state index is 13.4. The molecule has 0 heterocycles. The number of nitrogens with zero attached hydrogens (tertiary/aromatic N) is 1. The van der Waals surface area contributed by atoms with Crippen molar-refractivity contribution in [1.82, 2.24) is 4.90 Å². The highest BCUT2D eigenvalue weighted by atomic mass is 35.5. The molecule has 5 heteroatoms. The summed E-state index contributed by atoms with van der Waals surface area (Å²) in [6.07, 6.45) is 0.758. The van der Waals surface area contributed by atoms with E-state index in [0.717, 1.165) is 0 Å². The molecule has 3 nitrogen and oxygen atoms in total. The van der Waals surface area contributed by atoms with E-state index in [0.29, 0.717) is 36.5 Å². The average molecular weight is 259 g/mol. The summed E-state index contributed by atoms with van der Waals surface area (Å²) in [6, 6.07) is 4.42. The number of rotatable bonds is 5. The number of benzene rings is 1. The minimum absolute atomic E-state index is 0.0325. The summed E-state index contributed by atoms with van der Waals surface area (Å²) in [7, 11) is 1.68. The highest BCUT2D eigenvalue weighted by Crippen LogP contribution is 2.15. The van der Waals surface area contributed by atoms with Crippen molar-refractivity contribution >= 4 is 17.5 Å². The van der Waals surface area contributed by atoms with Crippen LogP contribution in [0.2, 0.25) is 5.02 Å². The van der Waals surface area contributed by atoms with Crippen LogP contribution in [0.1, 0.15) is 12.0 Å². The molecule has 0 radical (unpaired) electrons. The van der Waals surface area contributed by atoms with E-state index in [2.05, 4.69) is 0 Å². The zero-order valence-corrected chi connectivity index (χ0v) is 10.5. The lowest BCUT2D eigenvalue weighted by Gasteiger charge is -2.16. The molecule has 1 aromatic carbocycles. The Morgan fingerprint density at radius 1 is 1.53 bits per heavy atom. The van der Waals surface area contributed by atoms with Crippen molar-refractivity contribution in [3.63, 3.8) is 0 Å². The van der Waals surface area contributed by atoms with Crippen LogP contribution < -0.4 is 5.73 Å². The molecule has 0 aromatic heterocycles. The lowest BCUT2D eigenvalue weighted by molar-refractivity contribution is -0.129. The van der Waals surface area contributed by atoms with Gasteiger partial charge in [-0.05, 0) is 30.2 Å². The van der Waals surface area contributed by atoms with Crippen molar-refractivity contribution in [3.05, 3.63) is 34.6 Å². The summed E-state index contributed by atoms with van der Waals surface area (Å²) in [6.45, 7) is 0.783. The molecule has 0 saturated carbocycles. The third kappa shape index (κ3) is 4.32. The van der Waals surface area contributed by atoms with E-state index < -0.39 is 0 Å². The van der Waals surface area contributed by atoms with Gasteiger partial charge < -0.3 is 10.6 Å². The van der Waals surface area contributed by atoms with Crippen molar-refractivity contribution in [2.24, 2.45) is 5.73 Å². The van der Waals surface area contributed by atoms with Crippen molar-refractivity contribution in [3.8, 4) is 0 Å². The summed E-state index contributed by atoms with van der Waals surface area (Å²) >= 11 is 5.78. The van der Waals surface area contributed by atoms with Crippen molar-refractivity contribution in [1.29, 1.82) is 0 Å². The van der Waals surface area contributed by atoms with E-state index in [1.807, 2.05) is 0 Å². The minimum Gasteiger partial charge on any atom is -0.345 e. The Morgan fingerprint density at radius 3 is 2.88 bits per heavy atom. The molecule has 94 valence electrons. The standard InChI is InChI=1S/C12H16ClFN2O/c1-16(12(17)4-6-15)7-5-9-8-10(13)2-3-11(9)14/h2-3,8H,4-7,15H2,1H3. The highest BCUT2D eigenvalue weighted by Gasteiger charge is 2.09. The van der Waals surface area contributed by atoms with Gasteiger partial charge in [-0.1, -0.05) is 11.6 Å². The minimum atomic E-state index is -0.297. The Kier molecular flexibility index (Phi) is 5.38. The Labute approximate surface area is 105 Å². The molecule has 0 atom stereocenters. The van der Waals surface area contributed by atoms with E-state index in [4.69, 9.17) is 17.3 Å². The lowest BCUT2D eigenvalue weighted by Crippen LogP contribution is -2.30. The summed E-state index contributed by atoms with van der Waals surface area (Å²) in [5, 5.41) is 0.498. The lowest BCUT2D eigenvalue weighted by atomic mass is 10.1. The molecule has 0 unspecified atom stereocenters. The van der Waals surface area contributed by atoms with E-state index in [-0.39, 0.29) is 11.7 Å². The summed E-state index contributed by atoms with van der Waals surface area (Å²) in [5.41, 5.74) is 5.81. The fourth-order valence-electron chi connectivity index (χ4n) is 1.46. The van der Waals surface area contributed by atoms with Crippen LogP contribution in [0.25, 0.3) is 0 Å². The Balaban J connectivity index is 2.55. The molecule has 0 saturated heterocycles. The molecule has 1 aromatic rings. The highest BCUT2D eigenvalue weighted by molar-refractivity contribution is 6.30. The van der Waals surface area contributed by atoms with Gasteiger partial charge in [0.1, 0.15) is 5.82 Å². The molecule has 2 N–H and O–H groups in total. The van der Waals surface area contributed by atoms with Crippen molar-refractivity contribution in [2.45, 2.75) is 12.8 Å². The van der Waals surface area contributed by atoms with E-state index in [1.165, 1.54) is 12.1 Å². The molecule has 17 heavy (non-hydrogen) atoms. The first-order valence-corrected chi connectivity index (χ1v) is 5.80. The fraction of sp³-hybridized carbons (Fsp3) is 0.417. The van der Waals surface area contributed by atoms with Crippen LogP contribution in [0.4, 0.5) is 4.39 Å². The molecule has 0 aliphatic rings. The van der Waals surface area contributed by atoms with Gasteiger partial charge in [-0.25, -0.2) is 4.39 Å². The van der Waals surface area contributed by atoms with Gasteiger partial charge in [0.2, 0.25) is 5.91 Å². The van der Waals surface area contributed by atoms with Crippen molar-refractivity contribution < 1.29 is 9.18 Å². The van der Waals surface area contributed by atoms with Crippen LogP contribution in [0.5, 0.6) is 0 Å². The molecule has 0 aliphatic carbocycles. The molecular formula is C12H16ClFN2O. The van der Waals surface area contributed by atoms with Crippen molar-refractivity contribution in [2.75, 3.05) is 20.1 Å². The molecular weight excluding hydrogens is 243 g/mol. The summed E-state index contributed by atoms with van der Waals surface area (Å²) < 4.78 is 13.4. The number of hydrogen-bond donors (Lipinski definition) is 1. The average Bonchev–Trinajstić information content (AvgIpc) is 2.30. The van der Waals surface area contributed by atoms with Crippen LogP contribution >= 0.6 is 11.6 Å². The van der Waals surface area contributed by atoms with Crippen LogP contribution in [-0.4, -0.2) is 30.9 Å². The Bertz CT molecular complexity index is 398. The normalized spacial score (nSPS) is 10.4. The third-order valence-electron chi connectivity index (χ3n) is 2.51. The van der Waals surface area contributed by atoms with Crippen LogP contribution in [0, 0.1) is 5.82 Å². The number of carbonyl (C=O) groups is 1. The molecule has 0 bridgehead atoms. The van der Waals surface area contributed by atoms with Gasteiger partial charge in [-0.3, -0.25) is 4.79 Å². The first kappa shape index (κ1) is 13.9. The number of amides is 1. The monoisotopic (exact) mass is 258 g/mol. The second kappa shape index (κ2) is 6.57. The maximum absolute atomic E-state index is 13.4. The number of nitrogens with two attached hydrogens (primary N) is 1. The first-order valence-electron chi connectivity index (χ1n) is 5.42. The van der Waals surface area contributed by atoms with Gasteiger partial charge in [-0.15, -0.1) is 0 Å². The smallest absolute Gasteiger partial charge is 0.223 e. The van der Waals surface area contributed by atoms with Crippen LogP contribution in [-0.2, 0) is 11.2 Å². The number of hydrogen-bond acceptors (Lipinski definition) is 2. The number of carbonyl (C=O) groups excluding carboxylic acids is 1. The predicted molar refractivity (Wildman–Crippen MR) is 66.4 cm³/mol. The van der Waals surface area contributed by atoms with Crippen LogP contribution in [0.15, 0.2) is 18.2 Å². The van der Waals surface area contributed by atoms with E-state index >= 15 is 0 Å². The SMILES string of the molecule is CN(CCc1cc(Cl)ccc1F)C(=O)CCN. The quantitative estimate of drug-likeness (QED) is 0.876. The molecule has 0 spiro atoms. The molecule has 1 amide bonds. The van der Waals surface area contributed by atoms with E-state index in [1.54, 1.807) is 18.0 Å². The Morgan fingerprint density at radius 2 is 2.24 bits per heavy atom. The topological polar surface area (TPSA) is 46.3 Å². The van der Waals surface area contributed by atoms with Gasteiger partial charge in [0.05, 0.1) is 0 Å². The van der Waals surface area contributed by atoms with Gasteiger partial charge in [0.25, 0.3) is 0 Å². The van der Waals surface area contributed by atoms with Gasteiger partial charge in [0, 0.05) is 31.6 Å². The van der Waals surface area contributed by atoms with E-state index in [9.17, 15) is 9.18 Å². The molecule has 0 fully saturated rings. The second-order valence-corrected chi connectivity index (χ2v) is 4.28. The van der Waals surface area contributed by atoms with Crippen LogP contribution in [0.3, 0.4) is 0 Å². The zero-order chi connectivity index (χ0) is 12.8. The van der Waals surface area contributed by atoms with Gasteiger partial charge >= 0.3 is 0 Å². The predicted octanol–water partition coefficient (Wildman–Crippen LogP) is 1.83. The maximum Gasteiger partial charge on any atom is 0.223 e. The third-order valence-corrected chi connectivity index (χ3v) is 2.74. The zero-order valence-electron chi connectivity index (χ0n) is 9.75. The molecule has 0 aliphatic heterocycles. The Hall–Kier alpha value is -1.13. The van der Waals surface area contributed by atoms with Gasteiger partial charge in [-0.2, -0.15) is 0 Å². The fourth-order valence-corrected chi connectivity index (χ4v) is 1.66. The van der Waals surface area contributed by atoms with Gasteiger partial charge in [0.15, 0.2) is 0 Å². The largest absolute Gasteiger partial charge is 0.345 e. The number of likely N-dealkylation sites (N-methyl/N-ethyl adjacent to an activating group) is 1. The summed E-state index contributed by atoms with van der Waals surface area (Å²) in [5.74, 6) is -0.330. The first-order chi connectivity index (χ1) is 8.04. The number of halogens is 2. The second-order valence-electron chi connectivity index (χ2n) is 3.84. The summed E-state index contributed by atoms with van der Waals surface area (Å²) in [4.78, 5) is 13.0. The molecule has 1 rings (SSSR count).